The van der Waals surface area contributed by atoms with E-state index in [0.717, 1.165) is 17.9 Å². The summed E-state index contributed by atoms with van der Waals surface area (Å²) in [5.41, 5.74) is 2.00. The summed E-state index contributed by atoms with van der Waals surface area (Å²) < 4.78 is 19.9. The maximum atomic E-state index is 13.3. The lowest BCUT2D eigenvalue weighted by Gasteiger charge is -2.18. The Morgan fingerprint density at radius 3 is 2.95 bits per heavy atom. The number of fused-ring (bicyclic) bond motifs is 1. The molecular weight excluding hydrogens is 273 g/mol. The van der Waals surface area contributed by atoms with Gasteiger partial charge in [-0.2, -0.15) is 5.10 Å². The summed E-state index contributed by atoms with van der Waals surface area (Å²) in [6, 6.07) is 6.47. The number of carbonyl (C=O) groups is 1. The van der Waals surface area contributed by atoms with E-state index in [-0.39, 0.29) is 11.8 Å². The van der Waals surface area contributed by atoms with Gasteiger partial charge in [-0.15, -0.1) is 0 Å². The number of esters is 1. The van der Waals surface area contributed by atoms with Crippen LogP contribution in [0.25, 0.3) is 0 Å². The molecule has 0 saturated carbocycles. The lowest BCUT2D eigenvalue weighted by molar-refractivity contribution is 0.0600. The molecule has 1 aliphatic heterocycles. The van der Waals surface area contributed by atoms with Crippen LogP contribution in [0.1, 0.15) is 21.6 Å². The number of hydrogen-bond donors (Lipinski definition) is 0. The van der Waals surface area contributed by atoms with Gasteiger partial charge in [0, 0.05) is 13.1 Å². The molecule has 0 bridgehead atoms. The number of aryl methyl sites for hydroxylation is 1. The van der Waals surface area contributed by atoms with Crippen molar-refractivity contribution in [3.8, 4) is 0 Å². The molecule has 0 fully saturated rings. The highest BCUT2D eigenvalue weighted by molar-refractivity contribution is 5.96. The molecule has 0 atom stereocenters. The molecule has 1 aromatic carbocycles. The molecule has 0 aliphatic carbocycles. The lowest BCUT2D eigenvalue weighted by Crippen LogP contribution is -2.22. The smallest absolute Gasteiger partial charge is 0.343 e. The minimum Gasteiger partial charge on any atom is -0.465 e. The van der Waals surface area contributed by atoms with Gasteiger partial charge in [0.05, 0.1) is 19.3 Å². The number of anilines is 1. The summed E-state index contributed by atoms with van der Waals surface area (Å²) in [5, 5.41) is 4.37. The summed E-state index contributed by atoms with van der Waals surface area (Å²) in [4.78, 5) is 14.0. The van der Waals surface area contributed by atoms with E-state index < -0.39 is 0 Å². The van der Waals surface area contributed by atoms with Crippen molar-refractivity contribution in [1.82, 2.24) is 9.78 Å². The van der Waals surface area contributed by atoms with Crippen LogP contribution in [0.5, 0.6) is 0 Å². The van der Waals surface area contributed by atoms with Crippen molar-refractivity contribution in [2.45, 2.75) is 20.0 Å². The van der Waals surface area contributed by atoms with Gasteiger partial charge in [-0.25, -0.2) is 13.9 Å². The van der Waals surface area contributed by atoms with E-state index in [4.69, 9.17) is 4.74 Å². The zero-order chi connectivity index (χ0) is 15.0. The van der Waals surface area contributed by atoms with E-state index in [0.29, 0.717) is 24.3 Å². The van der Waals surface area contributed by atoms with Gasteiger partial charge in [0.2, 0.25) is 0 Å². The third-order valence-corrected chi connectivity index (χ3v) is 3.63. The molecular formula is C15H16FN3O2. The van der Waals surface area contributed by atoms with E-state index in [9.17, 15) is 9.18 Å². The zero-order valence-electron chi connectivity index (χ0n) is 12.0. The monoisotopic (exact) mass is 289 g/mol. The number of aromatic nitrogens is 2. The molecule has 2 heterocycles. The fraction of sp³-hybridized carbons (Fsp3) is 0.333. The first-order chi connectivity index (χ1) is 10.1. The maximum Gasteiger partial charge on any atom is 0.343 e. The van der Waals surface area contributed by atoms with Gasteiger partial charge >= 0.3 is 5.97 Å². The molecule has 3 rings (SSSR count). The van der Waals surface area contributed by atoms with Crippen molar-refractivity contribution in [1.29, 1.82) is 0 Å². The predicted molar refractivity (Wildman–Crippen MR) is 75.8 cm³/mol. The van der Waals surface area contributed by atoms with Crippen LogP contribution in [-0.4, -0.2) is 29.4 Å². The Labute approximate surface area is 121 Å². The van der Waals surface area contributed by atoms with Gasteiger partial charge < -0.3 is 9.64 Å². The number of carbonyl (C=O) groups excluding carboxylic acids is 1. The van der Waals surface area contributed by atoms with E-state index in [2.05, 4.69) is 5.10 Å². The van der Waals surface area contributed by atoms with Crippen LogP contribution in [0.15, 0.2) is 24.3 Å². The van der Waals surface area contributed by atoms with Crippen LogP contribution in [0.4, 0.5) is 10.2 Å². The van der Waals surface area contributed by atoms with Crippen LogP contribution in [0, 0.1) is 12.7 Å². The van der Waals surface area contributed by atoms with Crippen LogP contribution in [0.2, 0.25) is 0 Å². The van der Waals surface area contributed by atoms with Crippen LogP contribution < -0.4 is 4.90 Å². The molecule has 2 aromatic rings. The highest BCUT2D eigenvalue weighted by atomic mass is 19.1. The third-order valence-electron chi connectivity index (χ3n) is 3.63. The Morgan fingerprint density at radius 1 is 1.43 bits per heavy atom. The lowest BCUT2D eigenvalue weighted by atomic mass is 10.2. The number of halogens is 1. The Hall–Kier alpha value is -2.37. The molecule has 1 aromatic heterocycles. The van der Waals surface area contributed by atoms with Crippen LogP contribution in [-0.2, 0) is 17.8 Å². The Kier molecular flexibility index (Phi) is 3.37. The number of methoxy groups -OCH3 is 1. The first-order valence-corrected chi connectivity index (χ1v) is 6.75. The van der Waals surface area contributed by atoms with Gasteiger partial charge in [0.15, 0.2) is 0 Å². The highest BCUT2D eigenvalue weighted by Gasteiger charge is 2.30. The van der Waals surface area contributed by atoms with E-state index >= 15 is 0 Å². The SMILES string of the molecule is COC(=O)c1c(C)nn2c1N(Cc1cccc(F)c1)CC2. The average molecular weight is 289 g/mol. The summed E-state index contributed by atoms with van der Waals surface area (Å²) in [6.45, 7) is 3.77. The zero-order valence-corrected chi connectivity index (χ0v) is 12.0. The molecule has 0 amide bonds. The molecule has 110 valence electrons. The molecule has 6 heteroatoms. The summed E-state index contributed by atoms with van der Waals surface area (Å²) in [5.74, 6) is 0.105. The van der Waals surface area contributed by atoms with Gasteiger partial charge in [-0.1, -0.05) is 12.1 Å². The summed E-state index contributed by atoms with van der Waals surface area (Å²) in [7, 11) is 1.36. The quantitative estimate of drug-likeness (QED) is 0.812. The Balaban J connectivity index is 1.94. The third kappa shape index (κ3) is 2.37. The number of nitrogens with zero attached hydrogens (tertiary/aromatic N) is 3. The molecule has 1 aliphatic rings. The van der Waals surface area contributed by atoms with Crippen molar-refractivity contribution in [3.63, 3.8) is 0 Å². The van der Waals surface area contributed by atoms with Gasteiger partial charge in [-0.3, -0.25) is 0 Å². The molecule has 0 spiro atoms. The van der Waals surface area contributed by atoms with Gasteiger partial charge in [0.25, 0.3) is 0 Å². The topological polar surface area (TPSA) is 47.4 Å². The first-order valence-electron chi connectivity index (χ1n) is 6.75. The van der Waals surface area contributed by atoms with Crippen molar-refractivity contribution in [2.75, 3.05) is 18.6 Å². The van der Waals surface area contributed by atoms with Crippen LogP contribution >= 0.6 is 0 Å². The highest BCUT2D eigenvalue weighted by Crippen LogP contribution is 2.30. The van der Waals surface area contributed by atoms with Crippen molar-refractivity contribution in [3.05, 3.63) is 46.9 Å². The summed E-state index contributed by atoms with van der Waals surface area (Å²) >= 11 is 0. The number of ether oxygens (including phenoxy) is 1. The molecule has 21 heavy (non-hydrogen) atoms. The first kappa shape index (κ1) is 13.6. The molecule has 0 N–H and O–H groups in total. The molecule has 5 nitrogen and oxygen atoms in total. The van der Waals surface area contributed by atoms with Crippen LogP contribution in [0.3, 0.4) is 0 Å². The standard InChI is InChI=1S/C15H16FN3O2/c1-10-13(15(20)21-2)14-18(6-7-19(14)17-10)9-11-4-3-5-12(16)8-11/h3-5,8H,6-7,9H2,1-2H3. The molecule has 0 radical (unpaired) electrons. The maximum absolute atomic E-state index is 13.3. The molecule has 0 unspecified atom stereocenters. The minimum absolute atomic E-state index is 0.260. The fourth-order valence-corrected chi connectivity index (χ4v) is 2.72. The number of hydrogen-bond acceptors (Lipinski definition) is 4. The minimum atomic E-state index is -0.389. The van der Waals surface area contributed by atoms with E-state index in [1.807, 2.05) is 11.0 Å². The predicted octanol–water partition coefficient (Wildman–Crippen LogP) is 2.14. The number of rotatable bonds is 3. The number of benzene rings is 1. The van der Waals surface area contributed by atoms with Crippen molar-refractivity contribution < 1.29 is 13.9 Å². The van der Waals surface area contributed by atoms with Gasteiger partial charge in [-0.05, 0) is 24.6 Å². The Morgan fingerprint density at radius 2 is 2.24 bits per heavy atom. The second-order valence-corrected chi connectivity index (χ2v) is 5.05. The van der Waals surface area contributed by atoms with Crippen molar-refractivity contribution >= 4 is 11.8 Å². The Bertz CT molecular complexity index is 696. The fourth-order valence-electron chi connectivity index (χ4n) is 2.72. The van der Waals surface area contributed by atoms with E-state index in [1.54, 1.807) is 17.7 Å². The van der Waals surface area contributed by atoms with Crippen molar-refractivity contribution in [2.24, 2.45) is 0 Å². The summed E-state index contributed by atoms with van der Waals surface area (Å²) in [6.07, 6.45) is 0. The second kappa shape index (κ2) is 5.20. The van der Waals surface area contributed by atoms with E-state index in [1.165, 1.54) is 19.2 Å². The molecule has 0 saturated heterocycles. The largest absolute Gasteiger partial charge is 0.465 e. The second-order valence-electron chi connectivity index (χ2n) is 5.05. The van der Waals surface area contributed by atoms with Gasteiger partial charge in [0.1, 0.15) is 17.2 Å². The average Bonchev–Trinajstić information content (AvgIpc) is 2.97. The normalized spacial score (nSPS) is 13.4.